The Morgan fingerprint density at radius 1 is 1.14 bits per heavy atom. The molecule has 1 fully saturated rings. The lowest BCUT2D eigenvalue weighted by Crippen LogP contribution is -2.43. The van der Waals surface area contributed by atoms with Crippen LogP contribution in [0.2, 0.25) is 0 Å². The Labute approximate surface area is 223 Å². The van der Waals surface area contributed by atoms with Crippen molar-refractivity contribution in [1.29, 1.82) is 0 Å². The normalized spacial score (nSPS) is 16.8. The molecule has 1 aliphatic heterocycles. The molecule has 0 saturated carbocycles. The average molecular weight is 545 g/mol. The van der Waals surface area contributed by atoms with Gasteiger partial charge >= 0.3 is 0 Å². The van der Waals surface area contributed by atoms with Gasteiger partial charge in [-0.3, -0.25) is 9.69 Å². The van der Waals surface area contributed by atoms with Gasteiger partial charge in [-0.2, -0.15) is 4.31 Å². The molecule has 0 radical (unpaired) electrons. The van der Waals surface area contributed by atoms with Gasteiger partial charge in [0, 0.05) is 30.8 Å². The van der Waals surface area contributed by atoms with E-state index in [9.17, 15) is 13.2 Å². The van der Waals surface area contributed by atoms with Crippen molar-refractivity contribution < 1.29 is 17.9 Å². The first-order valence-electron chi connectivity index (χ1n) is 12.8. The Kier molecular flexibility index (Phi) is 8.84. The van der Waals surface area contributed by atoms with Crippen LogP contribution < -0.4 is 9.64 Å². The number of piperidine rings is 1. The Hall–Kier alpha value is -2.53. The van der Waals surface area contributed by atoms with Crippen LogP contribution in [0, 0.1) is 0 Å². The van der Waals surface area contributed by atoms with E-state index >= 15 is 0 Å². The topological polar surface area (TPSA) is 83.1 Å². The molecule has 1 aromatic heterocycles. The Bertz CT molecular complexity index is 1320. The summed E-state index contributed by atoms with van der Waals surface area (Å²) in [6.45, 7) is 3.90. The van der Waals surface area contributed by atoms with Crippen LogP contribution >= 0.6 is 11.3 Å². The number of amides is 1. The monoisotopic (exact) mass is 544 g/mol. The highest BCUT2D eigenvalue weighted by Crippen LogP contribution is 2.32. The predicted octanol–water partition coefficient (Wildman–Crippen LogP) is 4.86. The van der Waals surface area contributed by atoms with Gasteiger partial charge in [0.05, 0.1) is 22.2 Å². The molecule has 4 rings (SSSR count). The Morgan fingerprint density at radius 3 is 2.57 bits per heavy atom. The van der Waals surface area contributed by atoms with Crippen LogP contribution in [0.1, 0.15) is 49.4 Å². The van der Waals surface area contributed by atoms with E-state index < -0.39 is 10.0 Å². The van der Waals surface area contributed by atoms with Crippen molar-refractivity contribution in [2.45, 2.75) is 50.0 Å². The van der Waals surface area contributed by atoms with Gasteiger partial charge in [0.25, 0.3) is 5.91 Å². The number of fused-ring (bicyclic) bond motifs is 1. The first kappa shape index (κ1) is 27.5. The van der Waals surface area contributed by atoms with Gasteiger partial charge in [-0.25, -0.2) is 13.4 Å². The number of carbonyl (C=O) groups is 1. The van der Waals surface area contributed by atoms with E-state index in [2.05, 4.69) is 4.90 Å². The fraction of sp³-hybridized carbons (Fsp3) is 0.481. The van der Waals surface area contributed by atoms with Gasteiger partial charge < -0.3 is 9.64 Å². The SMILES string of the molecule is CCC1CCCCN1S(=O)(=O)c1ccc(C(=O)N(CCCN(C)C)c2nc3cc(OC)ccc3s2)cc1. The third-order valence-electron chi connectivity index (χ3n) is 6.80. The van der Waals surface area contributed by atoms with E-state index in [1.165, 1.54) is 11.3 Å². The predicted molar refractivity (Wildman–Crippen MR) is 149 cm³/mol. The number of sulfonamides is 1. The van der Waals surface area contributed by atoms with E-state index in [1.54, 1.807) is 40.6 Å². The van der Waals surface area contributed by atoms with Crippen LogP contribution in [-0.4, -0.2) is 75.4 Å². The van der Waals surface area contributed by atoms with Crippen molar-refractivity contribution in [2.24, 2.45) is 0 Å². The number of nitrogens with zero attached hydrogens (tertiary/aromatic N) is 4. The van der Waals surface area contributed by atoms with Crippen molar-refractivity contribution >= 4 is 42.6 Å². The number of ether oxygens (including phenoxy) is 1. The molecule has 37 heavy (non-hydrogen) atoms. The van der Waals surface area contributed by atoms with Crippen molar-refractivity contribution in [3.05, 3.63) is 48.0 Å². The molecule has 1 aliphatic rings. The molecular weight excluding hydrogens is 508 g/mol. The highest BCUT2D eigenvalue weighted by molar-refractivity contribution is 7.89. The number of hydrogen-bond donors (Lipinski definition) is 0. The molecule has 200 valence electrons. The van der Waals surface area contributed by atoms with E-state index in [1.807, 2.05) is 39.2 Å². The van der Waals surface area contributed by atoms with Crippen molar-refractivity contribution in [3.8, 4) is 5.75 Å². The molecule has 0 spiro atoms. The van der Waals surface area contributed by atoms with Gasteiger partial charge in [0.15, 0.2) is 5.13 Å². The molecule has 0 aliphatic carbocycles. The largest absolute Gasteiger partial charge is 0.497 e. The van der Waals surface area contributed by atoms with Crippen LogP contribution in [-0.2, 0) is 10.0 Å². The first-order valence-corrected chi connectivity index (χ1v) is 15.0. The van der Waals surface area contributed by atoms with Crippen LogP contribution in [0.15, 0.2) is 47.4 Å². The highest BCUT2D eigenvalue weighted by atomic mass is 32.2. The third kappa shape index (κ3) is 6.14. The van der Waals surface area contributed by atoms with Crippen molar-refractivity contribution in [2.75, 3.05) is 45.7 Å². The number of aromatic nitrogens is 1. The van der Waals surface area contributed by atoms with Crippen LogP contribution in [0.5, 0.6) is 5.75 Å². The molecule has 1 atom stereocenters. The zero-order valence-electron chi connectivity index (χ0n) is 22.0. The molecule has 8 nitrogen and oxygen atoms in total. The molecule has 0 N–H and O–H groups in total. The van der Waals surface area contributed by atoms with E-state index in [0.717, 1.165) is 48.9 Å². The fourth-order valence-electron chi connectivity index (χ4n) is 4.73. The lowest BCUT2D eigenvalue weighted by Gasteiger charge is -2.34. The summed E-state index contributed by atoms with van der Waals surface area (Å²) in [5.74, 6) is 0.517. The summed E-state index contributed by atoms with van der Waals surface area (Å²) in [4.78, 5) is 22.4. The zero-order valence-corrected chi connectivity index (χ0v) is 23.6. The minimum absolute atomic E-state index is 0.0323. The third-order valence-corrected chi connectivity index (χ3v) is 9.82. The lowest BCUT2D eigenvalue weighted by molar-refractivity contribution is 0.0986. The molecule has 1 saturated heterocycles. The molecule has 1 unspecified atom stereocenters. The number of anilines is 1. The summed E-state index contributed by atoms with van der Waals surface area (Å²) in [6.07, 6.45) is 4.40. The number of hydrogen-bond acceptors (Lipinski definition) is 7. The lowest BCUT2D eigenvalue weighted by atomic mass is 10.0. The van der Waals surface area contributed by atoms with Gasteiger partial charge in [-0.15, -0.1) is 0 Å². The molecule has 1 amide bonds. The van der Waals surface area contributed by atoms with Crippen LogP contribution in [0.25, 0.3) is 10.2 Å². The molecule has 10 heteroatoms. The first-order chi connectivity index (χ1) is 17.7. The number of rotatable bonds is 10. The van der Waals surface area contributed by atoms with Crippen molar-refractivity contribution in [3.63, 3.8) is 0 Å². The number of carbonyl (C=O) groups excluding carboxylic acids is 1. The average Bonchev–Trinajstić information content (AvgIpc) is 3.33. The van der Waals surface area contributed by atoms with E-state index in [4.69, 9.17) is 9.72 Å². The summed E-state index contributed by atoms with van der Waals surface area (Å²) >= 11 is 1.46. The van der Waals surface area contributed by atoms with Gasteiger partial charge in [-0.1, -0.05) is 24.7 Å². The minimum atomic E-state index is -3.61. The standard InChI is InChI=1S/C27H36N4O4S2/c1-5-21-9-6-7-18-31(21)37(33,34)23-13-10-20(11-14-23)26(32)30(17-8-16-29(2)3)27-28-24-19-22(35-4)12-15-25(24)36-27/h10-15,19,21H,5-9,16-18H2,1-4H3. The van der Waals surface area contributed by atoms with Gasteiger partial charge in [-0.05, 0) is 82.7 Å². The maximum atomic E-state index is 13.7. The molecule has 3 aromatic rings. The number of methoxy groups -OCH3 is 1. The van der Waals surface area contributed by atoms with Crippen molar-refractivity contribution in [1.82, 2.24) is 14.2 Å². The zero-order chi connectivity index (χ0) is 26.6. The summed E-state index contributed by atoms with van der Waals surface area (Å²) < 4.78 is 34.6. The number of benzene rings is 2. The summed E-state index contributed by atoms with van der Waals surface area (Å²) in [7, 11) is 2.01. The second-order valence-electron chi connectivity index (χ2n) is 9.64. The van der Waals surface area contributed by atoms with Crippen LogP contribution in [0.3, 0.4) is 0 Å². The van der Waals surface area contributed by atoms with E-state index in [0.29, 0.717) is 29.5 Å². The summed E-state index contributed by atoms with van der Waals surface area (Å²) in [6, 6.07) is 12.1. The smallest absolute Gasteiger partial charge is 0.260 e. The molecule has 0 bridgehead atoms. The van der Waals surface area contributed by atoms with Crippen LogP contribution in [0.4, 0.5) is 5.13 Å². The second kappa shape index (κ2) is 11.9. The second-order valence-corrected chi connectivity index (χ2v) is 12.5. The quantitative estimate of drug-likeness (QED) is 0.363. The summed E-state index contributed by atoms with van der Waals surface area (Å²) in [5, 5.41) is 0.614. The Morgan fingerprint density at radius 2 is 1.89 bits per heavy atom. The Balaban J connectivity index is 1.61. The molecule has 2 aromatic carbocycles. The minimum Gasteiger partial charge on any atom is -0.497 e. The van der Waals surface area contributed by atoms with Gasteiger partial charge in [0.1, 0.15) is 5.75 Å². The maximum Gasteiger partial charge on any atom is 0.260 e. The number of thiazole rings is 1. The van der Waals surface area contributed by atoms with E-state index in [-0.39, 0.29) is 16.8 Å². The van der Waals surface area contributed by atoms with Gasteiger partial charge in [0.2, 0.25) is 10.0 Å². The molecule has 2 heterocycles. The summed E-state index contributed by atoms with van der Waals surface area (Å²) in [5.41, 5.74) is 1.21. The molecular formula is C27H36N4O4S2. The maximum absolute atomic E-state index is 13.7. The fourth-order valence-corrected chi connectivity index (χ4v) is 7.46. The highest BCUT2D eigenvalue weighted by Gasteiger charge is 2.32.